The molecule has 114 valence electrons. The van der Waals surface area contributed by atoms with Crippen molar-refractivity contribution in [3.8, 4) is 28.4 Å². The Balaban J connectivity index is 1.93. The highest BCUT2D eigenvalue weighted by Gasteiger charge is 2.21. The first-order valence-electron chi connectivity index (χ1n) is 7.27. The topological polar surface area (TPSA) is 35.0 Å². The Morgan fingerprint density at radius 2 is 1.70 bits per heavy atom. The van der Waals surface area contributed by atoms with Gasteiger partial charge in [0, 0.05) is 28.1 Å². The van der Waals surface area contributed by atoms with Crippen LogP contribution in [-0.2, 0) is 6.42 Å². The molecule has 1 aromatic heterocycles. The van der Waals surface area contributed by atoms with E-state index in [9.17, 15) is 0 Å². The maximum atomic E-state index is 6.43. The minimum Gasteiger partial charge on any atom is -0.493 e. The van der Waals surface area contributed by atoms with Crippen LogP contribution in [0.5, 0.6) is 5.75 Å². The first-order valence-corrected chi connectivity index (χ1v) is 8.02. The standard InChI is InChI=1S/C18H12Cl2N2O/c19-12-7-5-11(6-8-12)18-21-16-13-3-1-2-4-15(13)23-10-9-14(16)17(20)22-18/h1-8H,9-10H2. The molecule has 23 heavy (non-hydrogen) atoms. The maximum absolute atomic E-state index is 6.43. The molecule has 0 unspecified atom stereocenters. The summed E-state index contributed by atoms with van der Waals surface area (Å²) < 4.78 is 5.80. The number of halogens is 2. The Morgan fingerprint density at radius 3 is 2.52 bits per heavy atom. The molecule has 0 fully saturated rings. The third-order valence-corrected chi connectivity index (χ3v) is 4.38. The number of hydrogen-bond donors (Lipinski definition) is 0. The van der Waals surface area contributed by atoms with Gasteiger partial charge in [0.15, 0.2) is 5.82 Å². The fourth-order valence-corrected chi connectivity index (χ4v) is 3.07. The van der Waals surface area contributed by atoms with Gasteiger partial charge in [-0.15, -0.1) is 0 Å². The second-order valence-corrected chi connectivity index (χ2v) is 6.06. The normalized spacial score (nSPS) is 12.8. The van der Waals surface area contributed by atoms with Crippen LogP contribution in [0.2, 0.25) is 10.2 Å². The van der Waals surface area contributed by atoms with Gasteiger partial charge in [-0.25, -0.2) is 9.97 Å². The molecule has 0 radical (unpaired) electrons. The second kappa shape index (κ2) is 5.84. The Hall–Kier alpha value is -2.10. The number of ether oxygens (including phenoxy) is 1. The monoisotopic (exact) mass is 342 g/mol. The van der Waals surface area contributed by atoms with Crippen LogP contribution in [0.3, 0.4) is 0 Å². The van der Waals surface area contributed by atoms with E-state index in [1.807, 2.05) is 48.5 Å². The number of aromatic nitrogens is 2. The summed E-state index contributed by atoms with van der Waals surface area (Å²) in [6.07, 6.45) is 0.684. The number of nitrogens with zero attached hydrogens (tertiary/aromatic N) is 2. The molecule has 3 nitrogen and oxygen atoms in total. The zero-order valence-electron chi connectivity index (χ0n) is 12.1. The van der Waals surface area contributed by atoms with Crippen LogP contribution < -0.4 is 4.74 Å². The third-order valence-electron chi connectivity index (χ3n) is 3.81. The first kappa shape index (κ1) is 14.5. The van der Waals surface area contributed by atoms with Gasteiger partial charge >= 0.3 is 0 Å². The molecule has 0 bridgehead atoms. The average molecular weight is 343 g/mol. The zero-order valence-corrected chi connectivity index (χ0v) is 13.6. The third kappa shape index (κ3) is 2.67. The summed E-state index contributed by atoms with van der Waals surface area (Å²) >= 11 is 12.4. The van der Waals surface area contributed by atoms with Crippen molar-refractivity contribution in [2.75, 3.05) is 6.61 Å². The van der Waals surface area contributed by atoms with E-state index in [1.165, 1.54) is 0 Å². The van der Waals surface area contributed by atoms with Crippen molar-refractivity contribution in [1.82, 2.24) is 9.97 Å². The summed E-state index contributed by atoms with van der Waals surface area (Å²) in [6, 6.07) is 15.3. The molecular formula is C18H12Cl2N2O. The maximum Gasteiger partial charge on any atom is 0.161 e. The van der Waals surface area contributed by atoms with E-state index in [-0.39, 0.29) is 0 Å². The summed E-state index contributed by atoms with van der Waals surface area (Å²) in [7, 11) is 0. The highest BCUT2D eigenvalue weighted by atomic mass is 35.5. The van der Waals surface area contributed by atoms with E-state index >= 15 is 0 Å². The molecule has 4 rings (SSSR count). The number of rotatable bonds is 1. The second-order valence-electron chi connectivity index (χ2n) is 5.27. The highest BCUT2D eigenvalue weighted by molar-refractivity contribution is 6.31. The molecule has 2 aromatic carbocycles. The van der Waals surface area contributed by atoms with Gasteiger partial charge in [-0.2, -0.15) is 0 Å². The molecule has 0 N–H and O–H groups in total. The highest BCUT2D eigenvalue weighted by Crippen LogP contribution is 2.37. The lowest BCUT2D eigenvalue weighted by Gasteiger charge is -2.10. The van der Waals surface area contributed by atoms with Gasteiger partial charge in [0.2, 0.25) is 0 Å². The molecule has 0 aliphatic carbocycles. The van der Waals surface area contributed by atoms with Crippen LogP contribution in [-0.4, -0.2) is 16.6 Å². The minimum absolute atomic E-state index is 0.472. The van der Waals surface area contributed by atoms with Crippen molar-refractivity contribution in [2.45, 2.75) is 6.42 Å². The van der Waals surface area contributed by atoms with Crippen molar-refractivity contribution >= 4 is 23.2 Å². The molecule has 5 heteroatoms. The summed E-state index contributed by atoms with van der Waals surface area (Å²) in [5.74, 6) is 1.41. The average Bonchev–Trinajstić information content (AvgIpc) is 2.75. The smallest absolute Gasteiger partial charge is 0.161 e. The van der Waals surface area contributed by atoms with Crippen LogP contribution >= 0.6 is 23.2 Å². The van der Waals surface area contributed by atoms with Crippen molar-refractivity contribution in [2.24, 2.45) is 0 Å². The fraction of sp³-hybridized carbons (Fsp3) is 0.111. The molecule has 0 saturated carbocycles. The van der Waals surface area contributed by atoms with E-state index in [0.717, 1.165) is 28.1 Å². The van der Waals surface area contributed by atoms with Crippen molar-refractivity contribution in [1.29, 1.82) is 0 Å². The van der Waals surface area contributed by atoms with Gasteiger partial charge in [0.25, 0.3) is 0 Å². The SMILES string of the molecule is Clc1ccc(-c2nc(Cl)c3c(n2)-c2ccccc2OCC3)cc1. The lowest BCUT2D eigenvalue weighted by Crippen LogP contribution is -2.02. The van der Waals surface area contributed by atoms with E-state index in [4.69, 9.17) is 32.9 Å². The van der Waals surface area contributed by atoms with E-state index in [2.05, 4.69) is 4.98 Å². The van der Waals surface area contributed by atoms with Gasteiger partial charge < -0.3 is 4.74 Å². The lowest BCUT2D eigenvalue weighted by molar-refractivity contribution is 0.326. The molecular weight excluding hydrogens is 331 g/mol. The van der Waals surface area contributed by atoms with Crippen LogP contribution in [0.25, 0.3) is 22.6 Å². The van der Waals surface area contributed by atoms with Gasteiger partial charge in [0.1, 0.15) is 10.9 Å². The predicted molar refractivity (Wildman–Crippen MR) is 92.1 cm³/mol. The van der Waals surface area contributed by atoms with E-state index in [1.54, 1.807) is 0 Å². The Kier molecular flexibility index (Phi) is 3.68. The summed E-state index contributed by atoms with van der Waals surface area (Å²) in [5.41, 5.74) is 3.58. The number of hydrogen-bond acceptors (Lipinski definition) is 3. The van der Waals surface area contributed by atoms with Crippen molar-refractivity contribution in [3.63, 3.8) is 0 Å². The molecule has 1 aliphatic heterocycles. The van der Waals surface area contributed by atoms with E-state index in [0.29, 0.717) is 29.0 Å². The summed E-state index contributed by atoms with van der Waals surface area (Å²) in [6.45, 7) is 0.563. The minimum atomic E-state index is 0.472. The lowest BCUT2D eigenvalue weighted by atomic mass is 10.0. The zero-order chi connectivity index (χ0) is 15.8. The number of fused-ring (bicyclic) bond motifs is 3. The van der Waals surface area contributed by atoms with Gasteiger partial charge in [0.05, 0.1) is 12.3 Å². The van der Waals surface area contributed by atoms with Gasteiger partial charge in [-0.05, 0) is 36.4 Å². The van der Waals surface area contributed by atoms with Crippen molar-refractivity contribution < 1.29 is 4.74 Å². The molecule has 0 saturated heterocycles. The summed E-state index contributed by atoms with van der Waals surface area (Å²) in [5, 5.41) is 1.15. The Labute approximate surface area is 143 Å². The fourth-order valence-electron chi connectivity index (χ4n) is 2.68. The molecule has 0 amide bonds. The molecule has 0 spiro atoms. The largest absolute Gasteiger partial charge is 0.493 e. The van der Waals surface area contributed by atoms with Gasteiger partial charge in [-0.1, -0.05) is 35.3 Å². The predicted octanol–water partition coefficient (Wildman–Crippen LogP) is 5.05. The van der Waals surface area contributed by atoms with Crippen LogP contribution in [0.15, 0.2) is 48.5 Å². The van der Waals surface area contributed by atoms with Crippen LogP contribution in [0, 0.1) is 0 Å². The quantitative estimate of drug-likeness (QED) is 0.580. The number of benzene rings is 2. The molecule has 3 aromatic rings. The Bertz CT molecular complexity index is 879. The summed E-state index contributed by atoms with van der Waals surface area (Å²) in [4.78, 5) is 9.21. The van der Waals surface area contributed by atoms with Crippen LogP contribution in [0.4, 0.5) is 0 Å². The van der Waals surface area contributed by atoms with E-state index < -0.39 is 0 Å². The molecule has 0 atom stereocenters. The van der Waals surface area contributed by atoms with Crippen LogP contribution in [0.1, 0.15) is 5.56 Å². The Morgan fingerprint density at radius 1 is 0.913 bits per heavy atom. The molecule has 2 heterocycles. The molecule has 1 aliphatic rings. The number of para-hydroxylation sites is 1. The van der Waals surface area contributed by atoms with Gasteiger partial charge in [-0.3, -0.25) is 0 Å². The van der Waals surface area contributed by atoms with Crippen molar-refractivity contribution in [3.05, 3.63) is 64.3 Å². The first-order chi connectivity index (χ1) is 11.2.